The highest BCUT2D eigenvalue weighted by atomic mass is 32.2. The molecule has 174 valence electrons. The first-order valence-corrected chi connectivity index (χ1v) is 11.6. The highest BCUT2D eigenvalue weighted by Gasteiger charge is 2.75. The van der Waals surface area contributed by atoms with Crippen molar-refractivity contribution in [3.05, 3.63) is 35.4 Å². The van der Waals surface area contributed by atoms with E-state index in [1.807, 2.05) is 11.9 Å². The van der Waals surface area contributed by atoms with E-state index in [2.05, 4.69) is 4.18 Å². The van der Waals surface area contributed by atoms with E-state index in [1.54, 1.807) is 18.2 Å². The maximum atomic E-state index is 13.0. The Kier molecular flexibility index (Phi) is 3.87. The number of fused-ring (bicyclic) bond motifs is 1. The molecule has 8 nitrogen and oxygen atoms in total. The molecule has 3 heterocycles. The van der Waals surface area contributed by atoms with Crippen LogP contribution in [0, 0.1) is 0 Å². The number of rotatable bonds is 2. The molecule has 0 saturated carbocycles. The second kappa shape index (κ2) is 5.98. The van der Waals surface area contributed by atoms with Crippen molar-refractivity contribution in [3.63, 3.8) is 0 Å². The summed E-state index contributed by atoms with van der Waals surface area (Å²) in [5.41, 5.74) is -6.91. The monoisotopic (exact) mass is 475 g/mol. The van der Waals surface area contributed by atoms with Crippen molar-refractivity contribution in [2.45, 2.75) is 47.3 Å². The fourth-order valence-corrected chi connectivity index (χ4v) is 6.66. The predicted octanol–water partition coefficient (Wildman–Crippen LogP) is 1.22. The largest absolute Gasteiger partial charge is 0.534 e. The number of alkyl halides is 3. The fraction of sp³-hybridized carbons (Fsp3) is 0.600. The fourth-order valence-electron chi connectivity index (χ4n) is 6.20. The van der Waals surface area contributed by atoms with Gasteiger partial charge in [-0.25, -0.2) is 0 Å². The number of hydrogen-bond donors (Lipinski definition) is 1. The van der Waals surface area contributed by atoms with Gasteiger partial charge in [0, 0.05) is 11.6 Å². The maximum Gasteiger partial charge on any atom is 0.534 e. The Balaban J connectivity index is 1.59. The smallest absolute Gasteiger partial charge is 0.479 e. The van der Waals surface area contributed by atoms with Crippen LogP contribution in [0.4, 0.5) is 13.2 Å². The van der Waals surface area contributed by atoms with Crippen LogP contribution in [0.15, 0.2) is 24.3 Å². The van der Waals surface area contributed by atoms with E-state index in [0.717, 1.165) is 5.56 Å². The van der Waals surface area contributed by atoms with Crippen LogP contribution in [-0.4, -0.2) is 74.3 Å². The van der Waals surface area contributed by atoms with Crippen molar-refractivity contribution in [1.29, 1.82) is 0 Å². The zero-order valence-corrected chi connectivity index (χ0v) is 17.7. The van der Waals surface area contributed by atoms with Gasteiger partial charge in [-0.2, -0.15) is 21.6 Å². The van der Waals surface area contributed by atoms with Gasteiger partial charge in [-0.3, -0.25) is 4.90 Å². The Morgan fingerprint density at radius 3 is 2.62 bits per heavy atom. The summed E-state index contributed by atoms with van der Waals surface area (Å²) in [7, 11) is -4.01. The van der Waals surface area contributed by atoms with E-state index in [9.17, 15) is 26.7 Å². The molecule has 1 aromatic carbocycles. The molecule has 12 heteroatoms. The molecule has 6 rings (SSSR count). The molecule has 2 spiro atoms. The van der Waals surface area contributed by atoms with Crippen LogP contribution in [0.3, 0.4) is 0 Å². The molecular formula is C20H20F3NO7S. The number of nitrogens with zero attached hydrogens (tertiary/aromatic N) is 1. The van der Waals surface area contributed by atoms with E-state index in [-0.39, 0.29) is 25.0 Å². The molecule has 4 atom stereocenters. The number of likely N-dealkylation sites (tertiary alicyclic amines) is 1. The topological polar surface area (TPSA) is 94.5 Å². The van der Waals surface area contributed by atoms with Gasteiger partial charge in [0.25, 0.3) is 0 Å². The van der Waals surface area contributed by atoms with Crippen LogP contribution in [0.1, 0.15) is 17.5 Å². The quantitative estimate of drug-likeness (QED) is 0.388. The Bertz CT molecular complexity index is 1150. The molecule has 2 bridgehead atoms. The van der Waals surface area contributed by atoms with Crippen LogP contribution in [0.25, 0.3) is 0 Å². The van der Waals surface area contributed by atoms with Crippen molar-refractivity contribution >= 4 is 10.1 Å². The SMILES string of the molecule is CN1CC[C@]23c4c5ccc(OS(=O)(=O)C(F)(F)F)c4OC2C2(C=CC3(O)[C@H]1C5)OCCO2. The lowest BCUT2D eigenvalue weighted by Crippen LogP contribution is -2.77. The molecule has 32 heavy (non-hydrogen) atoms. The third kappa shape index (κ3) is 2.24. The Labute approximate surface area is 181 Å². The highest BCUT2D eigenvalue weighted by Crippen LogP contribution is 2.66. The number of piperidine rings is 1. The molecule has 1 N–H and O–H groups in total. The number of aliphatic hydroxyl groups is 1. The lowest BCUT2D eigenvalue weighted by molar-refractivity contribution is -0.237. The van der Waals surface area contributed by atoms with Crippen molar-refractivity contribution in [1.82, 2.24) is 4.90 Å². The summed E-state index contributed by atoms with van der Waals surface area (Å²) in [5, 5.41) is 12.0. The average molecular weight is 475 g/mol. The maximum absolute atomic E-state index is 13.0. The zero-order chi connectivity index (χ0) is 22.7. The summed E-state index contributed by atoms with van der Waals surface area (Å²) >= 11 is 0. The zero-order valence-electron chi connectivity index (χ0n) is 16.9. The first kappa shape index (κ1) is 20.7. The number of halogens is 3. The first-order valence-electron chi connectivity index (χ1n) is 10.2. The number of likely N-dealkylation sites (N-methyl/N-ethyl adjacent to an activating group) is 1. The lowest BCUT2D eigenvalue weighted by atomic mass is 9.50. The van der Waals surface area contributed by atoms with Crippen LogP contribution < -0.4 is 8.92 Å². The second-order valence-electron chi connectivity index (χ2n) is 8.91. The van der Waals surface area contributed by atoms with E-state index in [0.29, 0.717) is 24.9 Å². The van der Waals surface area contributed by atoms with Gasteiger partial charge in [0.05, 0.1) is 18.6 Å². The van der Waals surface area contributed by atoms with E-state index in [1.165, 1.54) is 6.07 Å². The van der Waals surface area contributed by atoms with Crippen molar-refractivity contribution < 1.29 is 45.1 Å². The van der Waals surface area contributed by atoms with E-state index >= 15 is 0 Å². The molecule has 0 radical (unpaired) electrons. The normalized spacial score (nSPS) is 36.8. The van der Waals surface area contributed by atoms with Crippen LogP contribution in [0.5, 0.6) is 11.5 Å². The summed E-state index contributed by atoms with van der Waals surface area (Å²) in [6, 6.07) is 2.39. The van der Waals surface area contributed by atoms with Gasteiger partial charge in [-0.15, -0.1) is 0 Å². The van der Waals surface area contributed by atoms with Crippen molar-refractivity contribution in [2.75, 3.05) is 26.8 Å². The molecule has 0 amide bonds. The van der Waals surface area contributed by atoms with Gasteiger partial charge in [-0.05, 0) is 50.2 Å². The number of benzene rings is 1. The molecule has 3 aliphatic heterocycles. The molecule has 2 unspecified atom stereocenters. The third-order valence-electron chi connectivity index (χ3n) is 7.52. The standard InChI is InChI=1S/C20H20F3NO7S/c1-24-7-6-17-14-11-2-3-12(31-32(26,27)20(21,22)23)15(14)30-16(17)19(28-8-9-29-19)5-4-18(17,25)13(24)10-11/h2-5,13,16,25H,6-10H2,1H3/t13-,16?,17+,18?/m1/s1. The third-order valence-corrected chi connectivity index (χ3v) is 8.49. The summed E-state index contributed by atoms with van der Waals surface area (Å²) in [5.74, 6) is -2.04. The van der Waals surface area contributed by atoms with Gasteiger partial charge < -0.3 is 23.5 Å². The van der Waals surface area contributed by atoms with E-state index < -0.39 is 44.3 Å². The summed E-state index contributed by atoms with van der Waals surface area (Å²) in [6.45, 7) is 1.13. The molecular weight excluding hydrogens is 455 g/mol. The van der Waals surface area contributed by atoms with Gasteiger partial charge in [-0.1, -0.05) is 6.07 Å². The van der Waals surface area contributed by atoms with Crippen LogP contribution in [0.2, 0.25) is 0 Å². The van der Waals surface area contributed by atoms with Gasteiger partial charge >= 0.3 is 15.6 Å². The summed E-state index contributed by atoms with van der Waals surface area (Å²) < 4.78 is 85.0. The number of hydrogen-bond acceptors (Lipinski definition) is 8. The lowest BCUT2D eigenvalue weighted by Gasteiger charge is -2.62. The highest BCUT2D eigenvalue weighted by molar-refractivity contribution is 7.88. The second-order valence-corrected chi connectivity index (χ2v) is 10.4. The Morgan fingerprint density at radius 2 is 1.94 bits per heavy atom. The predicted molar refractivity (Wildman–Crippen MR) is 102 cm³/mol. The van der Waals surface area contributed by atoms with Crippen molar-refractivity contribution in [3.8, 4) is 11.5 Å². The Hall–Kier alpha value is -1.86. The minimum absolute atomic E-state index is 0.121. The molecule has 2 fully saturated rings. The summed E-state index contributed by atoms with van der Waals surface area (Å²) in [4.78, 5) is 2.04. The summed E-state index contributed by atoms with van der Waals surface area (Å²) in [6.07, 6.45) is 3.12. The molecule has 2 saturated heterocycles. The molecule has 0 aromatic heterocycles. The van der Waals surface area contributed by atoms with Crippen LogP contribution >= 0.6 is 0 Å². The number of ether oxygens (including phenoxy) is 3. The van der Waals surface area contributed by atoms with Gasteiger partial charge in [0.15, 0.2) is 17.6 Å². The van der Waals surface area contributed by atoms with Crippen molar-refractivity contribution in [2.24, 2.45) is 0 Å². The van der Waals surface area contributed by atoms with E-state index in [4.69, 9.17) is 14.2 Å². The minimum atomic E-state index is -5.92. The first-order chi connectivity index (χ1) is 15.0. The Morgan fingerprint density at radius 1 is 1.22 bits per heavy atom. The van der Waals surface area contributed by atoms with Gasteiger partial charge in [0.2, 0.25) is 5.79 Å². The average Bonchev–Trinajstić information content (AvgIpc) is 3.31. The molecule has 2 aliphatic carbocycles. The molecule has 1 aromatic rings. The van der Waals surface area contributed by atoms with Gasteiger partial charge in [0.1, 0.15) is 5.60 Å². The van der Waals surface area contributed by atoms with Crippen LogP contribution in [-0.2, 0) is 31.4 Å². The molecule has 5 aliphatic rings. The minimum Gasteiger partial charge on any atom is -0.479 e.